The van der Waals surface area contributed by atoms with Gasteiger partial charge in [-0.3, -0.25) is 0 Å². The van der Waals surface area contributed by atoms with Crippen LogP contribution in [0.1, 0.15) is 18.5 Å². The van der Waals surface area contributed by atoms with Gasteiger partial charge in [0.15, 0.2) is 11.6 Å². The Morgan fingerprint density at radius 3 is 2.61 bits per heavy atom. The number of rotatable bonds is 3. The van der Waals surface area contributed by atoms with E-state index >= 15 is 0 Å². The molecular formula is C16H19ClFN5. The van der Waals surface area contributed by atoms with Crippen molar-refractivity contribution in [3.8, 4) is 0 Å². The van der Waals surface area contributed by atoms with Gasteiger partial charge in [0, 0.05) is 44.1 Å². The van der Waals surface area contributed by atoms with Crippen molar-refractivity contribution in [1.82, 2.24) is 15.0 Å². The molecule has 0 aliphatic carbocycles. The van der Waals surface area contributed by atoms with Gasteiger partial charge in [-0.25, -0.2) is 19.3 Å². The fraction of sp³-hybridized carbons (Fsp3) is 0.438. The van der Waals surface area contributed by atoms with Crippen molar-refractivity contribution in [3.63, 3.8) is 0 Å². The summed E-state index contributed by atoms with van der Waals surface area (Å²) in [7, 11) is 2.04. The molecule has 3 rings (SSSR count). The summed E-state index contributed by atoms with van der Waals surface area (Å²) < 4.78 is 14.0. The average Bonchev–Trinajstić information content (AvgIpc) is 2.54. The number of nitrogens with zero attached hydrogens (tertiary/aromatic N) is 5. The maximum Gasteiger partial charge on any atom is 0.167 e. The van der Waals surface area contributed by atoms with Gasteiger partial charge in [-0.15, -0.1) is 0 Å². The highest BCUT2D eigenvalue weighted by molar-refractivity contribution is 6.30. The van der Waals surface area contributed by atoms with E-state index in [4.69, 9.17) is 11.6 Å². The number of aryl methyl sites for hydroxylation is 1. The minimum Gasteiger partial charge on any atom is -0.356 e. The number of anilines is 2. The molecule has 0 atom stereocenters. The zero-order valence-electron chi connectivity index (χ0n) is 13.2. The highest BCUT2D eigenvalue weighted by Crippen LogP contribution is 2.26. The molecule has 1 aliphatic rings. The van der Waals surface area contributed by atoms with Gasteiger partial charge < -0.3 is 9.80 Å². The molecule has 122 valence electrons. The van der Waals surface area contributed by atoms with Crippen LogP contribution in [0.3, 0.4) is 0 Å². The minimum absolute atomic E-state index is 0.319. The van der Waals surface area contributed by atoms with Crippen LogP contribution in [0.4, 0.5) is 16.0 Å². The van der Waals surface area contributed by atoms with Crippen LogP contribution in [0.5, 0.6) is 0 Å². The second kappa shape index (κ2) is 6.66. The highest BCUT2D eigenvalue weighted by atomic mass is 35.5. The predicted molar refractivity (Wildman–Crippen MR) is 89.6 cm³/mol. The molecule has 5 nitrogen and oxygen atoms in total. The summed E-state index contributed by atoms with van der Waals surface area (Å²) in [5, 5.41) is 0.319. The molecule has 3 heterocycles. The zero-order chi connectivity index (χ0) is 16.4. The Labute approximate surface area is 140 Å². The van der Waals surface area contributed by atoms with Gasteiger partial charge in [-0.2, -0.15) is 0 Å². The fourth-order valence-corrected chi connectivity index (χ4v) is 3.07. The molecule has 2 aromatic rings. The summed E-state index contributed by atoms with van der Waals surface area (Å²) in [6.07, 6.45) is 4.91. The van der Waals surface area contributed by atoms with Crippen molar-refractivity contribution >= 4 is 23.2 Å². The highest BCUT2D eigenvalue weighted by Gasteiger charge is 2.25. The van der Waals surface area contributed by atoms with Gasteiger partial charge in [0.1, 0.15) is 12.1 Å². The normalized spacial score (nSPS) is 15.7. The molecule has 0 unspecified atom stereocenters. The van der Waals surface area contributed by atoms with Crippen molar-refractivity contribution < 1.29 is 4.39 Å². The molecule has 0 spiro atoms. The van der Waals surface area contributed by atoms with E-state index in [0.717, 1.165) is 37.4 Å². The molecule has 7 heteroatoms. The number of hydrogen-bond donors (Lipinski definition) is 0. The van der Waals surface area contributed by atoms with Crippen molar-refractivity contribution in [1.29, 1.82) is 0 Å². The summed E-state index contributed by atoms with van der Waals surface area (Å²) in [5.74, 6) is 0.941. The third-order valence-corrected chi connectivity index (χ3v) is 4.46. The van der Waals surface area contributed by atoms with Gasteiger partial charge in [-0.05, 0) is 25.8 Å². The van der Waals surface area contributed by atoms with Crippen molar-refractivity contribution in [2.75, 3.05) is 29.9 Å². The van der Waals surface area contributed by atoms with Crippen molar-refractivity contribution in [2.24, 2.45) is 0 Å². The third-order valence-electron chi connectivity index (χ3n) is 4.25. The summed E-state index contributed by atoms with van der Waals surface area (Å²) in [6, 6.07) is 3.66. The Morgan fingerprint density at radius 1 is 1.22 bits per heavy atom. The first-order valence-corrected chi connectivity index (χ1v) is 8.00. The minimum atomic E-state index is -0.365. The Balaban J connectivity index is 1.66. The van der Waals surface area contributed by atoms with Crippen LogP contribution in [0.15, 0.2) is 24.7 Å². The molecule has 0 N–H and O–H groups in total. The summed E-state index contributed by atoms with van der Waals surface area (Å²) in [5.41, 5.74) is 0.951. The smallest absolute Gasteiger partial charge is 0.167 e. The van der Waals surface area contributed by atoms with Crippen molar-refractivity contribution in [3.05, 3.63) is 41.2 Å². The maximum atomic E-state index is 14.0. The van der Waals surface area contributed by atoms with Crippen LogP contribution in [0.2, 0.25) is 5.02 Å². The van der Waals surface area contributed by atoms with Gasteiger partial charge >= 0.3 is 0 Å². The molecule has 0 amide bonds. The number of pyridine rings is 1. The molecule has 2 aromatic heterocycles. The van der Waals surface area contributed by atoms with Crippen LogP contribution in [-0.2, 0) is 0 Å². The maximum absolute atomic E-state index is 14.0. The monoisotopic (exact) mass is 335 g/mol. The van der Waals surface area contributed by atoms with Gasteiger partial charge in [0.25, 0.3) is 0 Å². The van der Waals surface area contributed by atoms with Crippen LogP contribution in [-0.4, -0.2) is 41.1 Å². The molecule has 0 bridgehead atoms. The quantitative estimate of drug-likeness (QED) is 0.862. The molecule has 1 fully saturated rings. The second-order valence-electron chi connectivity index (χ2n) is 5.81. The molecular weight excluding hydrogens is 317 g/mol. The summed E-state index contributed by atoms with van der Waals surface area (Å²) >= 11 is 5.76. The lowest BCUT2D eigenvalue weighted by molar-refractivity contribution is 0.471. The van der Waals surface area contributed by atoms with E-state index in [9.17, 15) is 4.39 Å². The number of piperidine rings is 1. The SMILES string of the molecule is Cc1cc(N(C)C2CCN(c3ncc(Cl)cc3F)CC2)ncn1. The lowest BCUT2D eigenvalue weighted by atomic mass is 10.0. The lowest BCUT2D eigenvalue weighted by Crippen LogP contribution is -2.44. The first-order valence-electron chi connectivity index (χ1n) is 7.62. The van der Waals surface area contributed by atoms with E-state index in [0.29, 0.717) is 16.9 Å². The Morgan fingerprint density at radius 2 is 1.96 bits per heavy atom. The Hall–Kier alpha value is -1.95. The van der Waals surface area contributed by atoms with E-state index in [-0.39, 0.29) is 5.82 Å². The largest absolute Gasteiger partial charge is 0.356 e. The van der Waals surface area contributed by atoms with Gasteiger partial charge in [0.05, 0.1) is 5.02 Å². The molecule has 23 heavy (non-hydrogen) atoms. The van der Waals surface area contributed by atoms with E-state index < -0.39 is 0 Å². The Kier molecular flexibility index (Phi) is 4.61. The standard InChI is InChI=1S/C16H19ClFN5/c1-11-7-15(21-10-20-11)22(2)13-3-5-23(6-4-13)16-14(18)8-12(17)9-19-16/h7-10,13H,3-6H2,1-2H3. The first kappa shape index (κ1) is 15.9. The third kappa shape index (κ3) is 3.52. The van der Waals surface area contributed by atoms with E-state index in [1.54, 1.807) is 6.33 Å². The van der Waals surface area contributed by atoms with Gasteiger partial charge in [0.2, 0.25) is 0 Å². The fourth-order valence-electron chi connectivity index (χ4n) is 2.93. The number of halogens is 2. The van der Waals surface area contributed by atoms with Crippen LogP contribution < -0.4 is 9.80 Å². The van der Waals surface area contributed by atoms with Crippen LogP contribution in [0, 0.1) is 12.7 Å². The molecule has 0 saturated carbocycles. The predicted octanol–water partition coefficient (Wildman–Crippen LogP) is 3.08. The number of aromatic nitrogens is 3. The van der Waals surface area contributed by atoms with E-state index in [1.165, 1.54) is 12.3 Å². The van der Waals surface area contributed by atoms with E-state index in [1.807, 2.05) is 24.9 Å². The summed E-state index contributed by atoms with van der Waals surface area (Å²) in [4.78, 5) is 16.7. The molecule has 1 aliphatic heterocycles. The molecule has 0 aromatic carbocycles. The van der Waals surface area contributed by atoms with E-state index in [2.05, 4.69) is 19.9 Å². The second-order valence-corrected chi connectivity index (χ2v) is 6.24. The van der Waals surface area contributed by atoms with Crippen LogP contribution in [0.25, 0.3) is 0 Å². The van der Waals surface area contributed by atoms with Gasteiger partial charge in [-0.1, -0.05) is 11.6 Å². The Bertz CT molecular complexity index is 688. The topological polar surface area (TPSA) is 45.2 Å². The average molecular weight is 336 g/mol. The number of hydrogen-bond acceptors (Lipinski definition) is 5. The van der Waals surface area contributed by atoms with Crippen LogP contribution >= 0.6 is 11.6 Å². The molecule has 1 saturated heterocycles. The zero-order valence-corrected chi connectivity index (χ0v) is 14.0. The molecule has 0 radical (unpaired) electrons. The first-order chi connectivity index (χ1) is 11.0. The summed E-state index contributed by atoms with van der Waals surface area (Å²) in [6.45, 7) is 3.46. The van der Waals surface area contributed by atoms with Crippen molar-refractivity contribution in [2.45, 2.75) is 25.8 Å². The lowest BCUT2D eigenvalue weighted by Gasteiger charge is -2.37.